The number of sulfonamides is 1. The van der Waals surface area contributed by atoms with Crippen LogP contribution >= 0.6 is 0 Å². The normalized spacial score (nSPS) is 13.7. The number of rotatable bonds is 9. The molecule has 0 radical (unpaired) electrons. The van der Waals surface area contributed by atoms with Crippen molar-refractivity contribution in [1.29, 1.82) is 0 Å². The zero-order chi connectivity index (χ0) is 30.8. The third kappa shape index (κ3) is 6.53. The zero-order valence-electron chi connectivity index (χ0n) is 23.6. The van der Waals surface area contributed by atoms with Crippen LogP contribution in [0.5, 0.6) is 5.75 Å². The number of halogens is 3. The van der Waals surface area contributed by atoms with E-state index in [1.54, 1.807) is 13.8 Å². The highest BCUT2D eigenvalue weighted by Crippen LogP contribution is 2.37. The van der Waals surface area contributed by atoms with E-state index in [0.717, 1.165) is 53.1 Å². The number of carbonyl (C=O) groups is 1. The summed E-state index contributed by atoms with van der Waals surface area (Å²) in [5, 5.41) is 1.73. The fourth-order valence-electron chi connectivity index (χ4n) is 5.12. The molecule has 0 spiro atoms. The zero-order valence-corrected chi connectivity index (χ0v) is 24.4. The first-order valence-electron chi connectivity index (χ1n) is 13.8. The van der Waals surface area contributed by atoms with Gasteiger partial charge in [-0.25, -0.2) is 22.5 Å². The molecule has 0 saturated carbocycles. The number of anilines is 2. The Hall–Kier alpha value is -4.32. The minimum absolute atomic E-state index is 0.0883. The molecular formula is C31H30F3N3O5S. The Kier molecular flexibility index (Phi) is 8.50. The van der Waals surface area contributed by atoms with E-state index in [1.165, 1.54) is 36.4 Å². The molecule has 5 rings (SSSR count). The lowest BCUT2D eigenvalue weighted by Crippen LogP contribution is -2.33. The molecule has 2 heterocycles. The summed E-state index contributed by atoms with van der Waals surface area (Å²) in [6, 6.07) is 18.1. The first-order valence-corrected chi connectivity index (χ1v) is 15.2. The number of hydrogen-bond acceptors (Lipinski definition) is 7. The maximum absolute atomic E-state index is 14.3. The van der Waals surface area contributed by atoms with Crippen molar-refractivity contribution in [1.82, 2.24) is 4.98 Å². The van der Waals surface area contributed by atoms with Crippen molar-refractivity contribution in [2.24, 2.45) is 0 Å². The Morgan fingerprint density at radius 3 is 2.19 bits per heavy atom. The van der Waals surface area contributed by atoms with Crippen LogP contribution in [-0.4, -0.2) is 45.4 Å². The van der Waals surface area contributed by atoms with Crippen molar-refractivity contribution in [2.45, 2.75) is 44.5 Å². The summed E-state index contributed by atoms with van der Waals surface area (Å²) >= 11 is 0. The number of nitrogens with zero attached hydrogens (tertiary/aromatic N) is 3. The molecule has 1 fully saturated rings. The number of carbonyl (C=O) groups excluding carboxylic acids is 1. The number of aromatic nitrogens is 1. The average molecular weight is 614 g/mol. The lowest BCUT2D eigenvalue weighted by Gasteiger charge is -2.28. The highest BCUT2D eigenvalue weighted by atomic mass is 32.2. The molecule has 0 N–H and O–H groups in total. The van der Waals surface area contributed by atoms with Crippen LogP contribution in [0.15, 0.2) is 77.7 Å². The quantitative estimate of drug-likeness (QED) is 0.196. The second kappa shape index (κ2) is 12.1. The van der Waals surface area contributed by atoms with E-state index in [4.69, 9.17) is 9.72 Å². The molecule has 3 aromatic carbocycles. The maximum Gasteiger partial charge on any atom is 0.573 e. The van der Waals surface area contributed by atoms with Gasteiger partial charge in [0.05, 0.1) is 23.6 Å². The minimum Gasteiger partial charge on any atom is -0.462 e. The Balaban J connectivity index is 1.63. The van der Waals surface area contributed by atoms with Gasteiger partial charge in [0.1, 0.15) is 17.4 Å². The summed E-state index contributed by atoms with van der Waals surface area (Å²) in [5.41, 5.74) is 1.24. The van der Waals surface area contributed by atoms with Crippen molar-refractivity contribution in [2.75, 3.05) is 28.9 Å². The van der Waals surface area contributed by atoms with Crippen LogP contribution in [0.3, 0.4) is 0 Å². The number of pyridine rings is 1. The fourth-order valence-corrected chi connectivity index (χ4v) is 6.58. The van der Waals surface area contributed by atoms with Gasteiger partial charge in [-0.1, -0.05) is 36.4 Å². The molecule has 1 aromatic heterocycles. The summed E-state index contributed by atoms with van der Waals surface area (Å²) in [4.78, 5) is 19.1. The van der Waals surface area contributed by atoms with Crippen molar-refractivity contribution >= 4 is 38.4 Å². The van der Waals surface area contributed by atoms with Gasteiger partial charge in [-0.3, -0.25) is 0 Å². The monoisotopic (exact) mass is 613 g/mol. The second-order valence-corrected chi connectivity index (χ2v) is 11.9. The van der Waals surface area contributed by atoms with Crippen LogP contribution < -0.4 is 13.9 Å². The summed E-state index contributed by atoms with van der Waals surface area (Å²) in [7, 11) is -4.29. The molecule has 0 bridgehead atoms. The third-order valence-electron chi connectivity index (χ3n) is 7.20. The van der Waals surface area contributed by atoms with Crippen LogP contribution in [0.1, 0.15) is 41.3 Å². The molecule has 0 atom stereocenters. The highest BCUT2D eigenvalue weighted by Gasteiger charge is 2.32. The molecular weight excluding hydrogens is 583 g/mol. The van der Waals surface area contributed by atoms with Gasteiger partial charge in [-0.15, -0.1) is 13.2 Å². The van der Waals surface area contributed by atoms with E-state index in [9.17, 15) is 26.4 Å². The molecule has 1 saturated heterocycles. The number of hydrogen-bond donors (Lipinski definition) is 0. The van der Waals surface area contributed by atoms with E-state index in [1.807, 2.05) is 24.3 Å². The number of fused-ring (bicyclic) bond motifs is 1. The van der Waals surface area contributed by atoms with E-state index < -0.39 is 28.1 Å². The smallest absolute Gasteiger partial charge is 0.462 e. The van der Waals surface area contributed by atoms with Crippen LogP contribution in [0.25, 0.3) is 10.8 Å². The lowest BCUT2D eigenvalue weighted by molar-refractivity contribution is -0.274. The molecule has 1 aliphatic heterocycles. The molecule has 226 valence electrons. The predicted octanol–water partition coefficient (Wildman–Crippen LogP) is 6.61. The first kappa shape index (κ1) is 30.1. The van der Waals surface area contributed by atoms with Gasteiger partial charge >= 0.3 is 12.3 Å². The van der Waals surface area contributed by atoms with Gasteiger partial charge in [0, 0.05) is 24.0 Å². The number of esters is 1. The number of aryl methyl sites for hydroxylation is 1. The standard InChI is InChI=1S/C31H30F3N3O5S/c1-3-41-30(38)23-12-16-25(17-13-23)43(39,40)37(20-22-10-14-24(15-11-22)42-31(32,33)34)28-21(2)26-8-4-5-9-27(26)29(35-28)36-18-6-7-19-36/h4-5,8-17H,3,6-7,18-20H2,1-2H3. The molecule has 8 nitrogen and oxygen atoms in total. The van der Waals surface area contributed by atoms with Crippen molar-refractivity contribution in [3.8, 4) is 5.75 Å². The van der Waals surface area contributed by atoms with Crippen LogP contribution in [0.4, 0.5) is 24.8 Å². The first-order chi connectivity index (χ1) is 20.5. The van der Waals surface area contributed by atoms with Gasteiger partial charge in [-0.2, -0.15) is 0 Å². The fraction of sp³-hybridized carbons (Fsp3) is 0.290. The van der Waals surface area contributed by atoms with Gasteiger partial charge < -0.3 is 14.4 Å². The summed E-state index contributed by atoms with van der Waals surface area (Å²) in [6.07, 6.45) is -2.88. The Morgan fingerprint density at radius 2 is 1.58 bits per heavy atom. The maximum atomic E-state index is 14.3. The number of alkyl halides is 3. The van der Waals surface area contributed by atoms with Crippen LogP contribution in [0, 0.1) is 6.92 Å². The van der Waals surface area contributed by atoms with E-state index >= 15 is 0 Å². The third-order valence-corrected chi connectivity index (χ3v) is 8.95. The van der Waals surface area contributed by atoms with E-state index in [-0.39, 0.29) is 29.4 Å². The van der Waals surface area contributed by atoms with E-state index in [2.05, 4.69) is 9.64 Å². The summed E-state index contributed by atoms with van der Waals surface area (Å²) < 4.78 is 76.9. The SMILES string of the molecule is CCOC(=O)c1ccc(S(=O)(=O)N(Cc2ccc(OC(F)(F)F)cc2)c2nc(N3CCCC3)c3ccccc3c2C)cc1. The summed E-state index contributed by atoms with van der Waals surface area (Å²) in [5.74, 6) is -0.130. The molecule has 0 amide bonds. The molecule has 12 heteroatoms. The predicted molar refractivity (Wildman–Crippen MR) is 157 cm³/mol. The Labute approximate surface area is 247 Å². The summed E-state index contributed by atoms with van der Waals surface area (Å²) in [6.45, 7) is 4.98. The number of ether oxygens (including phenoxy) is 2. The number of benzene rings is 3. The minimum atomic E-state index is -4.86. The Morgan fingerprint density at radius 1 is 0.953 bits per heavy atom. The second-order valence-electron chi connectivity index (χ2n) is 10.1. The van der Waals surface area contributed by atoms with Gasteiger partial charge in [-0.05, 0) is 74.0 Å². The van der Waals surface area contributed by atoms with Gasteiger partial charge in [0.25, 0.3) is 10.0 Å². The molecule has 0 aliphatic carbocycles. The van der Waals surface area contributed by atoms with Gasteiger partial charge in [0.2, 0.25) is 0 Å². The topological polar surface area (TPSA) is 89.0 Å². The molecule has 4 aromatic rings. The van der Waals surface area contributed by atoms with Gasteiger partial charge in [0.15, 0.2) is 0 Å². The molecule has 43 heavy (non-hydrogen) atoms. The largest absolute Gasteiger partial charge is 0.573 e. The highest BCUT2D eigenvalue weighted by molar-refractivity contribution is 7.92. The lowest BCUT2D eigenvalue weighted by atomic mass is 10.1. The van der Waals surface area contributed by atoms with Crippen molar-refractivity contribution in [3.05, 3.63) is 89.5 Å². The van der Waals surface area contributed by atoms with Crippen molar-refractivity contribution < 1.29 is 35.9 Å². The average Bonchev–Trinajstić information content (AvgIpc) is 3.52. The van der Waals surface area contributed by atoms with Crippen LogP contribution in [0.2, 0.25) is 0 Å². The Bertz CT molecular complexity index is 1720. The van der Waals surface area contributed by atoms with E-state index in [0.29, 0.717) is 16.9 Å². The van der Waals surface area contributed by atoms with Crippen LogP contribution in [-0.2, 0) is 21.3 Å². The van der Waals surface area contributed by atoms with Crippen molar-refractivity contribution in [3.63, 3.8) is 0 Å². The molecule has 1 aliphatic rings. The molecule has 0 unspecified atom stereocenters.